The predicted molar refractivity (Wildman–Crippen MR) is 103 cm³/mol. The van der Waals surface area contributed by atoms with Gasteiger partial charge in [-0.3, -0.25) is 4.79 Å². The molecule has 0 aromatic heterocycles. The molecule has 3 amide bonds. The number of fused-ring (bicyclic) bond motifs is 1. The second-order valence-corrected chi connectivity index (χ2v) is 7.78. The number of likely N-dealkylation sites (tertiary alicyclic amines) is 1. The van der Waals surface area contributed by atoms with Crippen LogP contribution in [-0.2, 0) is 4.79 Å². The van der Waals surface area contributed by atoms with E-state index in [-0.39, 0.29) is 35.9 Å². The van der Waals surface area contributed by atoms with Gasteiger partial charge in [-0.2, -0.15) is 0 Å². The molecule has 150 valence electrons. The van der Waals surface area contributed by atoms with Gasteiger partial charge >= 0.3 is 6.03 Å². The van der Waals surface area contributed by atoms with Crippen LogP contribution >= 0.6 is 0 Å². The van der Waals surface area contributed by atoms with Crippen molar-refractivity contribution >= 4 is 23.3 Å². The van der Waals surface area contributed by atoms with Crippen molar-refractivity contribution in [2.75, 3.05) is 30.5 Å². The van der Waals surface area contributed by atoms with Crippen LogP contribution in [0.3, 0.4) is 0 Å². The second kappa shape index (κ2) is 6.65. The molecule has 1 spiro atoms. The number of anilines is 2. The molecule has 2 heterocycles. The van der Waals surface area contributed by atoms with Gasteiger partial charge in [0.15, 0.2) is 11.5 Å². The Labute approximate surface area is 166 Å². The Kier molecular flexibility index (Phi) is 4.08. The number of halogens is 1. The van der Waals surface area contributed by atoms with Gasteiger partial charge in [0.2, 0.25) is 12.7 Å². The number of urea groups is 1. The molecule has 2 atom stereocenters. The molecule has 2 aliphatic heterocycles. The highest BCUT2D eigenvalue weighted by molar-refractivity contribution is 5.96. The highest BCUT2D eigenvalue weighted by Crippen LogP contribution is 2.58. The Morgan fingerprint density at radius 2 is 1.79 bits per heavy atom. The van der Waals surface area contributed by atoms with Crippen molar-refractivity contribution in [3.63, 3.8) is 0 Å². The van der Waals surface area contributed by atoms with Crippen molar-refractivity contribution < 1.29 is 23.5 Å². The van der Waals surface area contributed by atoms with E-state index in [0.717, 1.165) is 12.8 Å². The zero-order chi connectivity index (χ0) is 20.0. The van der Waals surface area contributed by atoms with E-state index in [0.29, 0.717) is 36.0 Å². The number of rotatable bonds is 3. The summed E-state index contributed by atoms with van der Waals surface area (Å²) in [6.45, 7) is 1.33. The van der Waals surface area contributed by atoms with Crippen LogP contribution in [-0.4, -0.2) is 36.7 Å². The van der Waals surface area contributed by atoms with Crippen molar-refractivity contribution in [2.45, 2.75) is 12.8 Å². The summed E-state index contributed by atoms with van der Waals surface area (Å²) >= 11 is 0. The van der Waals surface area contributed by atoms with Crippen LogP contribution < -0.4 is 20.1 Å². The van der Waals surface area contributed by atoms with E-state index in [1.165, 1.54) is 24.3 Å². The summed E-state index contributed by atoms with van der Waals surface area (Å²) in [7, 11) is 0. The number of carbonyl (C=O) groups is 2. The van der Waals surface area contributed by atoms with E-state index in [2.05, 4.69) is 10.6 Å². The minimum atomic E-state index is -0.350. The molecule has 2 aromatic carbocycles. The number of carbonyl (C=O) groups excluding carboxylic acids is 2. The van der Waals surface area contributed by atoms with Gasteiger partial charge in [-0.1, -0.05) is 0 Å². The third-order valence-electron chi connectivity index (χ3n) is 5.91. The van der Waals surface area contributed by atoms with Crippen molar-refractivity contribution in [3.8, 4) is 11.5 Å². The van der Waals surface area contributed by atoms with Crippen LogP contribution in [0.1, 0.15) is 12.8 Å². The molecule has 2 N–H and O–H groups in total. The van der Waals surface area contributed by atoms with Crippen LogP contribution in [0, 0.1) is 17.2 Å². The van der Waals surface area contributed by atoms with Crippen LogP contribution in [0.2, 0.25) is 0 Å². The average Bonchev–Trinajstić information content (AvgIpc) is 3.02. The van der Waals surface area contributed by atoms with E-state index in [9.17, 15) is 14.0 Å². The normalized spacial score (nSPS) is 23.9. The molecule has 5 rings (SSSR count). The summed E-state index contributed by atoms with van der Waals surface area (Å²) in [4.78, 5) is 26.9. The monoisotopic (exact) mass is 397 g/mol. The van der Waals surface area contributed by atoms with Crippen LogP contribution in [0.5, 0.6) is 11.5 Å². The fourth-order valence-corrected chi connectivity index (χ4v) is 4.18. The standard InChI is InChI=1S/C21H20FN3O4/c22-13-1-3-14(4-2-13)24-20(27)25-8-7-21(11-25)10-16(21)19(26)23-15-5-6-17-18(9-15)29-12-28-17/h1-6,9,16H,7-8,10-12H2,(H,23,26)(H,24,27)/t16-,21-/m0/s1. The Hall–Kier alpha value is -3.29. The zero-order valence-electron chi connectivity index (χ0n) is 15.6. The summed E-state index contributed by atoms with van der Waals surface area (Å²) in [5, 5.41) is 5.72. The molecule has 0 bridgehead atoms. The molecule has 2 fully saturated rings. The Balaban J connectivity index is 1.18. The summed E-state index contributed by atoms with van der Waals surface area (Å²) in [5.41, 5.74) is 1.07. The van der Waals surface area contributed by atoms with E-state index in [4.69, 9.17) is 9.47 Å². The second-order valence-electron chi connectivity index (χ2n) is 7.78. The van der Waals surface area contributed by atoms with Crippen LogP contribution in [0.25, 0.3) is 0 Å². The maximum atomic E-state index is 13.0. The molecule has 0 unspecified atom stereocenters. The van der Waals surface area contributed by atoms with Gasteiger partial charge in [0.1, 0.15) is 5.82 Å². The molecule has 3 aliphatic rings. The van der Waals surface area contributed by atoms with Crippen molar-refractivity contribution in [1.82, 2.24) is 4.90 Å². The molecular weight excluding hydrogens is 377 g/mol. The maximum absolute atomic E-state index is 13.0. The van der Waals surface area contributed by atoms with Gasteiger partial charge in [-0.15, -0.1) is 0 Å². The van der Waals surface area contributed by atoms with Gasteiger partial charge in [0.25, 0.3) is 0 Å². The summed E-state index contributed by atoms with van der Waals surface area (Å²) < 4.78 is 23.6. The Bertz CT molecular complexity index is 980. The minimum absolute atomic E-state index is 0.0374. The number of benzene rings is 2. The minimum Gasteiger partial charge on any atom is -0.454 e. The molecule has 8 heteroatoms. The SMILES string of the molecule is O=C(Nc1ccc2c(c1)OCO2)[C@@H]1C[C@]12CCN(C(=O)Nc1ccc(F)cc1)C2. The highest BCUT2D eigenvalue weighted by atomic mass is 19.1. The number of nitrogens with one attached hydrogen (secondary N) is 2. The largest absolute Gasteiger partial charge is 0.454 e. The molecule has 1 aliphatic carbocycles. The lowest BCUT2D eigenvalue weighted by Gasteiger charge is -2.17. The number of ether oxygens (including phenoxy) is 2. The Morgan fingerprint density at radius 3 is 2.62 bits per heavy atom. The van der Waals surface area contributed by atoms with Gasteiger partial charge < -0.3 is 25.0 Å². The lowest BCUT2D eigenvalue weighted by molar-refractivity contribution is -0.118. The van der Waals surface area contributed by atoms with Crippen LogP contribution in [0.15, 0.2) is 42.5 Å². The average molecular weight is 397 g/mol. The molecule has 1 saturated heterocycles. The van der Waals surface area contributed by atoms with Crippen molar-refractivity contribution in [3.05, 3.63) is 48.3 Å². The molecule has 7 nitrogen and oxygen atoms in total. The highest BCUT2D eigenvalue weighted by Gasteiger charge is 2.61. The van der Waals surface area contributed by atoms with Gasteiger partial charge in [-0.25, -0.2) is 9.18 Å². The topological polar surface area (TPSA) is 79.9 Å². The molecular formula is C21H20FN3O4. The fourth-order valence-electron chi connectivity index (χ4n) is 4.18. The summed E-state index contributed by atoms with van der Waals surface area (Å²) in [6, 6.07) is 10.8. The first-order valence-corrected chi connectivity index (χ1v) is 9.54. The van der Waals surface area contributed by atoms with Gasteiger partial charge in [-0.05, 0) is 49.2 Å². The van der Waals surface area contributed by atoms with Gasteiger partial charge in [0, 0.05) is 41.9 Å². The third-order valence-corrected chi connectivity index (χ3v) is 5.91. The maximum Gasteiger partial charge on any atom is 0.321 e. The zero-order valence-corrected chi connectivity index (χ0v) is 15.6. The number of nitrogens with zero attached hydrogens (tertiary/aromatic N) is 1. The van der Waals surface area contributed by atoms with Crippen molar-refractivity contribution in [1.29, 1.82) is 0 Å². The van der Waals surface area contributed by atoms with Gasteiger partial charge in [0.05, 0.1) is 0 Å². The number of hydrogen-bond acceptors (Lipinski definition) is 4. The fraction of sp³-hybridized carbons (Fsp3) is 0.333. The summed E-state index contributed by atoms with van der Waals surface area (Å²) in [6.07, 6.45) is 1.56. The van der Waals surface area contributed by atoms with E-state index in [1.807, 2.05) is 0 Å². The van der Waals surface area contributed by atoms with Crippen molar-refractivity contribution in [2.24, 2.45) is 11.3 Å². The quantitative estimate of drug-likeness (QED) is 0.832. The van der Waals surface area contributed by atoms with Crippen LogP contribution in [0.4, 0.5) is 20.6 Å². The molecule has 0 radical (unpaired) electrons. The predicted octanol–water partition coefficient (Wildman–Crippen LogP) is 3.44. The third kappa shape index (κ3) is 3.35. The lowest BCUT2D eigenvalue weighted by Crippen LogP contribution is -2.33. The first kappa shape index (κ1) is 17.8. The van der Waals surface area contributed by atoms with E-state index in [1.54, 1.807) is 23.1 Å². The Morgan fingerprint density at radius 1 is 1.03 bits per heavy atom. The molecule has 1 saturated carbocycles. The molecule has 2 aromatic rings. The molecule has 29 heavy (non-hydrogen) atoms. The first-order chi connectivity index (χ1) is 14.0. The summed E-state index contributed by atoms with van der Waals surface area (Å²) in [5.74, 6) is 0.793. The number of amides is 3. The number of hydrogen-bond donors (Lipinski definition) is 2. The van der Waals surface area contributed by atoms with E-state index >= 15 is 0 Å². The van der Waals surface area contributed by atoms with E-state index < -0.39 is 0 Å². The first-order valence-electron chi connectivity index (χ1n) is 9.54. The lowest BCUT2D eigenvalue weighted by atomic mass is 10.0. The smallest absolute Gasteiger partial charge is 0.321 e.